The van der Waals surface area contributed by atoms with Gasteiger partial charge in [-0.1, -0.05) is 42.5 Å². The Morgan fingerprint density at radius 1 is 1.00 bits per heavy atom. The number of aryl methyl sites for hydroxylation is 1. The fourth-order valence-corrected chi connectivity index (χ4v) is 3.94. The summed E-state index contributed by atoms with van der Waals surface area (Å²) in [6.45, 7) is 5.48. The molecular formula is C21H23N3O2S. The maximum Gasteiger partial charge on any atom is 0.261 e. The van der Waals surface area contributed by atoms with Crippen LogP contribution in [0.15, 0.2) is 77.8 Å². The highest BCUT2D eigenvalue weighted by Crippen LogP contribution is 2.20. The molecule has 0 saturated heterocycles. The SMILES string of the molecule is CCN(Cc1ccccc1)c1ccc(NS(=O)(=O)c2cccc(C)c2)cn1. The zero-order valence-corrected chi connectivity index (χ0v) is 16.3. The minimum Gasteiger partial charge on any atom is -0.353 e. The van der Waals surface area contributed by atoms with E-state index in [1.807, 2.05) is 37.3 Å². The van der Waals surface area contributed by atoms with Gasteiger partial charge in [-0.15, -0.1) is 0 Å². The van der Waals surface area contributed by atoms with Crippen LogP contribution in [0.25, 0.3) is 0 Å². The molecule has 0 atom stereocenters. The van der Waals surface area contributed by atoms with E-state index in [0.29, 0.717) is 5.69 Å². The van der Waals surface area contributed by atoms with Crippen LogP contribution in [0.2, 0.25) is 0 Å². The summed E-state index contributed by atoms with van der Waals surface area (Å²) in [6.07, 6.45) is 1.55. The van der Waals surface area contributed by atoms with Crippen molar-refractivity contribution in [3.63, 3.8) is 0 Å². The molecule has 0 saturated carbocycles. The highest BCUT2D eigenvalue weighted by atomic mass is 32.2. The van der Waals surface area contributed by atoms with Crippen LogP contribution in [-0.4, -0.2) is 19.9 Å². The first-order chi connectivity index (χ1) is 13.0. The minimum absolute atomic E-state index is 0.242. The van der Waals surface area contributed by atoms with Crippen LogP contribution in [0.5, 0.6) is 0 Å². The normalized spacial score (nSPS) is 11.2. The molecule has 0 bridgehead atoms. The third-order valence-corrected chi connectivity index (χ3v) is 5.60. The smallest absolute Gasteiger partial charge is 0.261 e. The van der Waals surface area contributed by atoms with Crippen molar-refractivity contribution in [3.8, 4) is 0 Å². The van der Waals surface area contributed by atoms with Crippen LogP contribution < -0.4 is 9.62 Å². The molecular weight excluding hydrogens is 358 g/mol. The molecule has 0 fully saturated rings. The Kier molecular flexibility index (Phi) is 5.76. The number of pyridine rings is 1. The summed E-state index contributed by atoms with van der Waals surface area (Å²) in [5.41, 5.74) is 2.53. The summed E-state index contributed by atoms with van der Waals surface area (Å²) in [5.74, 6) is 0.805. The van der Waals surface area contributed by atoms with Crippen LogP contribution >= 0.6 is 0 Å². The van der Waals surface area contributed by atoms with Gasteiger partial charge in [0, 0.05) is 13.1 Å². The standard InChI is InChI=1S/C21H23N3O2S/c1-3-24(16-18-9-5-4-6-10-18)21-13-12-19(15-22-21)23-27(25,26)20-11-7-8-17(2)14-20/h4-15,23H,3,16H2,1-2H3. The number of rotatable bonds is 7. The Bertz CT molecular complexity index is 987. The predicted octanol–water partition coefficient (Wildman–Crippen LogP) is 4.22. The summed E-state index contributed by atoms with van der Waals surface area (Å²) >= 11 is 0. The molecule has 140 valence electrons. The van der Waals surface area contributed by atoms with Crippen LogP contribution in [0.3, 0.4) is 0 Å². The molecule has 1 N–H and O–H groups in total. The first kappa shape index (κ1) is 18.9. The quantitative estimate of drug-likeness (QED) is 0.666. The molecule has 0 unspecified atom stereocenters. The molecule has 0 spiro atoms. The lowest BCUT2D eigenvalue weighted by atomic mass is 10.2. The van der Waals surface area contributed by atoms with E-state index in [4.69, 9.17) is 0 Å². The summed E-state index contributed by atoms with van der Waals surface area (Å²) in [5, 5.41) is 0. The first-order valence-electron chi connectivity index (χ1n) is 8.82. The number of nitrogens with one attached hydrogen (secondary N) is 1. The minimum atomic E-state index is -3.63. The van der Waals surface area contributed by atoms with Crippen LogP contribution in [0, 0.1) is 6.92 Å². The monoisotopic (exact) mass is 381 g/mol. The van der Waals surface area contributed by atoms with Gasteiger partial charge >= 0.3 is 0 Å². The van der Waals surface area contributed by atoms with Gasteiger partial charge in [0.05, 0.1) is 16.8 Å². The van der Waals surface area contributed by atoms with Crippen molar-refractivity contribution in [1.29, 1.82) is 0 Å². The summed E-state index contributed by atoms with van der Waals surface area (Å²) < 4.78 is 27.6. The zero-order valence-electron chi connectivity index (χ0n) is 15.5. The fraction of sp³-hybridized carbons (Fsp3) is 0.190. The molecule has 3 rings (SSSR count). The lowest BCUT2D eigenvalue weighted by molar-refractivity contribution is 0.601. The number of aromatic nitrogens is 1. The van der Waals surface area contributed by atoms with Crippen molar-refractivity contribution >= 4 is 21.5 Å². The Morgan fingerprint density at radius 3 is 2.41 bits per heavy atom. The zero-order chi connectivity index (χ0) is 19.3. The number of nitrogens with zero attached hydrogens (tertiary/aromatic N) is 2. The lowest BCUT2D eigenvalue weighted by Gasteiger charge is -2.22. The molecule has 5 nitrogen and oxygen atoms in total. The van der Waals surface area contributed by atoms with Crippen molar-refractivity contribution in [1.82, 2.24) is 4.98 Å². The van der Waals surface area contributed by atoms with Gasteiger partial charge in [0.15, 0.2) is 0 Å². The molecule has 0 radical (unpaired) electrons. The van der Waals surface area contributed by atoms with E-state index in [-0.39, 0.29) is 4.90 Å². The molecule has 0 aliphatic rings. The fourth-order valence-electron chi connectivity index (χ4n) is 2.79. The average molecular weight is 382 g/mol. The lowest BCUT2D eigenvalue weighted by Crippen LogP contribution is -2.23. The molecule has 2 aromatic carbocycles. The van der Waals surface area contributed by atoms with Crippen molar-refractivity contribution in [3.05, 3.63) is 84.1 Å². The number of anilines is 2. The Labute approximate surface area is 160 Å². The van der Waals surface area contributed by atoms with E-state index >= 15 is 0 Å². The van der Waals surface area contributed by atoms with Gasteiger partial charge in [-0.2, -0.15) is 0 Å². The van der Waals surface area contributed by atoms with Crippen LogP contribution in [0.1, 0.15) is 18.1 Å². The molecule has 6 heteroatoms. The number of benzene rings is 2. The van der Waals surface area contributed by atoms with Crippen LogP contribution in [0.4, 0.5) is 11.5 Å². The van der Waals surface area contributed by atoms with Gasteiger partial charge in [-0.25, -0.2) is 13.4 Å². The van der Waals surface area contributed by atoms with Gasteiger partial charge in [-0.05, 0) is 49.2 Å². The van der Waals surface area contributed by atoms with E-state index < -0.39 is 10.0 Å². The first-order valence-corrected chi connectivity index (χ1v) is 10.3. The predicted molar refractivity (Wildman–Crippen MR) is 109 cm³/mol. The molecule has 1 heterocycles. The number of sulfonamides is 1. The maximum absolute atomic E-state index is 12.5. The van der Waals surface area contributed by atoms with E-state index in [2.05, 4.69) is 33.7 Å². The maximum atomic E-state index is 12.5. The van der Waals surface area contributed by atoms with Crippen molar-refractivity contribution in [2.24, 2.45) is 0 Å². The van der Waals surface area contributed by atoms with Gasteiger partial charge < -0.3 is 4.90 Å². The van der Waals surface area contributed by atoms with Gasteiger partial charge in [-0.3, -0.25) is 4.72 Å². The molecule has 0 aliphatic heterocycles. The van der Waals surface area contributed by atoms with Crippen molar-refractivity contribution in [2.45, 2.75) is 25.3 Å². The molecule has 27 heavy (non-hydrogen) atoms. The second-order valence-corrected chi connectivity index (χ2v) is 8.01. The van der Waals surface area contributed by atoms with E-state index in [0.717, 1.165) is 24.5 Å². The number of hydrogen-bond acceptors (Lipinski definition) is 4. The second-order valence-electron chi connectivity index (χ2n) is 6.33. The van der Waals surface area contributed by atoms with Gasteiger partial charge in [0.25, 0.3) is 10.0 Å². The van der Waals surface area contributed by atoms with E-state index in [1.165, 1.54) is 5.56 Å². The highest BCUT2D eigenvalue weighted by Gasteiger charge is 2.15. The Morgan fingerprint density at radius 2 is 1.78 bits per heavy atom. The number of hydrogen-bond donors (Lipinski definition) is 1. The highest BCUT2D eigenvalue weighted by molar-refractivity contribution is 7.92. The van der Waals surface area contributed by atoms with E-state index in [9.17, 15) is 8.42 Å². The topological polar surface area (TPSA) is 62.3 Å². The average Bonchev–Trinajstić information content (AvgIpc) is 2.67. The van der Waals surface area contributed by atoms with Crippen molar-refractivity contribution in [2.75, 3.05) is 16.2 Å². The van der Waals surface area contributed by atoms with Crippen molar-refractivity contribution < 1.29 is 8.42 Å². The third-order valence-electron chi connectivity index (χ3n) is 4.22. The van der Waals surface area contributed by atoms with Gasteiger partial charge in [0.1, 0.15) is 5.82 Å². The van der Waals surface area contributed by atoms with Crippen LogP contribution in [-0.2, 0) is 16.6 Å². The molecule has 1 aromatic heterocycles. The summed E-state index contributed by atoms with van der Waals surface area (Å²) in [7, 11) is -3.63. The molecule has 0 amide bonds. The van der Waals surface area contributed by atoms with Gasteiger partial charge in [0.2, 0.25) is 0 Å². The van der Waals surface area contributed by atoms with E-state index in [1.54, 1.807) is 30.5 Å². The largest absolute Gasteiger partial charge is 0.353 e. The molecule has 0 aliphatic carbocycles. The third kappa shape index (κ3) is 4.86. The Hall–Kier alpha value is -2.86. The second kappa shape index (κ2) is 8.22. The molecule has 3 aromatic rings. The summed E-state index contributed by atoms with van der Waals surface area (Å²) in [4.78, 5) is 6.82. The Balaban J connectivity index is 1.74. The summed E-state index contributed by atoms with van der Waals surface area (Å²) in [6, 6.07) is 20.6.